The van der Waals surface area contributed by atoms with Gasteiger partial charge in [-0.1, -0.05) is 12.1 Å². The minimum atomic E-state index is -0.948. The first-order valence-corrected chi connectivity index (χ1v) is 7.37. The number of carbonyl (C=O) groups excluding carboxylic acids is 1. The van der Waals surface area contributed by atoms with Gasteiger partial charge in [0.05, 0.1) is 11.3 Å². The van der Waals surface area contributed by atoms with Crippen LogP contribution < -0.4 is 0 Å². The van der Waals surface area contributed by atoms with Crippen LogP contribution in [-0.4, -0.2) is 45.4 Å². The zero-order valence-electron chi connectivity index (χ0n) is 13.0. The Morgan fingerprint density at radius 3 is 2.48 bits per heavy atom. The maximum Gasteiger partial charge on any atom is 0.335 e. The Bertz CT molecular complexity index is 657. The molecule has 0 radical (unpaired) electrons. The molecule has 0 bridgehead atoms. The van der Waals surface area contributed by atoms with Crippen LogP contribution in [0.1, 0.15) is 28.0 Å². The number of likely N-dealkylation sites (N-methyl/N-ethyl adjacent to an activating group) is 1. The zero-order valence-corrected chi connectivity index (χ0v) is 13.0. The average Bonchev–Trinajstić information content (AvgIpc) is 2.58. The van der Waals surface area contributed by atoms with Gasteiger partial charge in [0.15, 0.2) is 0 Å². The Morgan fingerprint density at radius 1 is 1.13 bits per heavy atom. The monoisotopic (exact) mass is 313 g/mol. The molecule has 1 aromatic carbocycles. The molecule has 6 heteroatoms. The van der Waals surface area contributed by atoms with E-state index in [1.54, 1.807) is 54.8 Å². The van der Waals surface area contributed by atoms with E-state index < -0.39 is 5.97 Å². The van der Waals surface area contributed by atoms with Crippen molar-refractivity contribution in [3.63, 3.8) is 0 Å². The van der Waals surface area contributed by atoms with Crippen molar-refractivity contribution in [3.05, 3.63) is 59.7 Å². The van der Waals surface area contributed by atoms with Gasteiger partial charge in [0.1, 0.15) is 0 Å². The number of aromatic nitrogens is 2. The fourth-order valence-electron chi connectivity index (χ4n) is 2.12. The smallest absolute Gasteiger partial charge is 0.335 e. The van der Waals surface area contributed by atoms with Crippen molar-refractivity contribution < 1.29 is 14.7 Å². The van der Waals surface area contributed by atoms with Gasteiger partial charge in [-0.05, 0) is 24.1 Å². The molecule has 2 rings (SSSR count). The van der Waals surface area contributed by atoms with E-state index in [9.17, 15) is 9.59 Å². The second-order valence-electron chi connectivity index (χ2n) is 5.26. The van der Waals surface area contributed by atoms with Gasteiger partial charge in [-0.3, -0.25) is 14.8 Å². The SMILES string of the molecule is CN(CCc1cnccn1)C(=O)CCc1ccc(C(=O)O)cc1. The third-order valence-electron chi connectivity index (χ3n) is 3.57. The predicted molar refractivity (Wildman–Crippen MR) is 85.1 cm³/mol. The van der Waals surface area contributed by atoms with Gasteiger partial charge in [-0.2, -0.15) is 0 Å². The lowest BCUT2D eigenvalue weighted by Crippen LogP contribution is -2.29. The molecule has 0 aliphatic carbocycles. The third-order valence-corrected chi connectivity index (χ3v) is 3.57. The molecule has 1 heterocycles. The molecule has 0 aliphatic heterocycles. The summed E-state index contributed by atoms with van der Waals surface area (Å²) in [6, 6.07) is 6.60. The Kier molecular flexibility index (Phi) is 5.80. The van der Waals surface area contributed by atoms with Crippen LogP contribution in [0.25, 0.3) is 0 Å². The third kappa shape index (κ3) is 5.18. The van der Waals surface area contributed by atoms with E-state index >= 15 is 0 Å². The van der Waals surface area contributed by atoms with Crippen molar-refractivity contribution in [1.82, 2.24) is 14.9 Å². The number of hydrogen-bond acceptors (Lipinski definition) is 4. The highest BCUT2D eigenvalue weighted by Gasteiger charge is 2.10. The van der Waals surface area contributed by atoms with Gasteiger partial charge in [0.2, 0.25) is 5.91 Å². The van der Waals surface area contributed by atoms with Crippen LogP contribution in [0.2, 0.25) is 0 Å². The molecule has 1 aromatic heterocycles. The lowest BCUT2D eigenvalue weighted by atomic mass is 10.1. The minimum absolute atomic E-state index is 0.0520. The number of amides is 1. The number of aromatic carboxylic acids is 1. The number of rotatable bonds is 7. The van der Waals surface area contributed by atoms with Crippen molar-refractivity contribution in [2.24, 2.45) is 0 Å². The van der Waals surface area contributed by atoms with E-state index in [2.05, 4.69) is 9.97 Å². The first-order chi connectivity index (χ1) is 11.1. The molecule has 0 saturated carbocycles. The molecular weight excluding hydrogens is 294 g/mol. The molecule has 0 atom stereocenters. The van der Waals surface area contributed by atoms with Gasteiger partial charge >= 0.3 is 5.97 Å². The molecule has 0 saturated heterocycles. The lowest BCUT2D eigenvalue weighted by molar-refractivity contribution is -0.129. The topological polar surface area (TPSA) is 83.4 Å². The second kappa shape index (κ2) is 8.03. The molecule has 6 nitrogen and oxygen atoms in total. The number of nitrogens with zero attached hydrogens (tertiary/aromatic N) is 3. The summed E-state index contributed by atoms with van der Waals surface area (Å²) in [6.07, 6.45) is 6.61. The van der Waals surface area contributed by atoms with Crippen molar-refractivity contribution in [2.75, 3.05) is 13.6 Å². The highest BCUT2D eigenvalue weighted by Crippen LogP contribution is 2.08. The summed E-state index contributed by atoms with van der Waals surface area (Å²) in [4.78, 5) is 32.7. The molecule has 23 heavy (non-hydrogen) atoms. The van der Waals surface area contributed by atoms with E-state index in [0.29, 0.717) is 25.8 Å². The summed E-state index contributed by atoms with van der Waals surface area (Å²) < 4.78 is 0. The van der Waals surface area contributed by atoms with E-state index in [1.165, 1.54) is 0 Å². The first-order valence-electron chi connectivity index (χ1n) is 7.37. The molecule has 0 unspecified atom stereocenters. The summed E-state index contributed by atoms with van der Waals surface area (Å²) in [5, 5.41) is 8.85. The van der Waals surface area contributed by atoms with Crippen molar-refractivity contribution in [2.45, 2.75) is 19.3 Å². The molecule has 0 aliphatic rings. The van der Waals surface area contributed by atoms with Crippen molar-refractivity contribution in [1.29, 1.82) is 0 Å². The maximum atomic E-state index is 12.1. The number of benzene rings is 1. The van der Waals surface area contributed by atoms with Gasteiger partial charge < -0.3 is 10.0 Å². The molecule has 1 N–H and O–H groups in total. The molecule has 120 valence electrons. The van der Waals surface area contributed by atoms with Gasteiger partial charge in [0, 0.05) is 45.0 Å². The van der Waals surface area contributed by atoms with E-state index in [4.69, 9.17) is 5.11 Å². The van der Waals surface area contributed by atoms with Crippen LogP contribution in [0.5, 0.6) is 0 Å². The number of hydrogen-bond donors (Lipinski definition) is 1. The van der Waals surface area contributed by atoms with E-state index in [1.807, 2.05) is 0 Å². The van der Waals surface area contributed by atoms with E-state index in [-0.39, 0.29) is 11.5 Å². The van der Waals surface area contributed by atoms with Crippen molar-refractivity contribution >= 4 is 11.9 Å². The number of carbonyl (C=O) groups is 2. The molecule has 1 amide bonds. The lowest BCUT2D eigenvalue weighted by Gasteiger charge is -2.16. The maximum absolute atomic E-state index is 12.1. The number of aryl methyl sites for hydroxylation is 1. The minimum Gasteiger partial charge on any atom is -0.478 e. The van der Waals surface area contributed by atoms with Crippen LogP contribution in [0, 0.1) is 0 Å². The fourth-order valence-corrected chi connectivity index (χ4v) is 2.12. The van der Waals surface area contributed by atoms with Gasteiger partial charge in [-0.25, -0.2) is 4.79 Å². The second-order valence-corrected chi connectivity index (χ2v) is 5.26. The Balaban J connectivity index is 1.78. The Morgan fingerprint density at radius 2 is 1.87 bits per heavy atom. The van der Waals surface area contributed by atoms with Gasteiger partial charge in [-0.15, -0.1) is 0 Å². The van der Waals surface area contributed by atoms with Crippen LogP contribution in [0.4, 0.5) is 0 Å². The molecule has 0 spiro atoms. The quantitative estimate of drug-likeness (QED) is 0.843. The summed E-state index contributed by atoms with van der Waals surface area (Å²) in [7, 11) is 1.77. The van der Waals surface area contributed by atoms with E-state index in [0.717, 1.165) is 11.3 Å². The van der Waals surface area contributed by atoms with Crippen LogP contribution in [0.15, 0.2) is 42.9 Å². The summed E-state index contributed by atoms with van der Waals surface area (Å²) in [5.74, 6) is -0.896. The number of carboxylic acids is 1. The predicted octanol–water partition coefficient (Wildman–Crippen LogP) is 1.81. The van der Waals surface area contributed by atoms with Crippen LogP contribution >= 0.6 is 0 Å². The molecule has 2 aromatic rings. The summed E-state index contributed by atoms with van der Waals surface area (Å²) >= 11 is 0. The standard InChI is InChI=1S/C17H19N3O3/c1-20(11-8-15-12-18-9-10-19-15)16(21)7-4-13-2-5-14(6-3-13)17(22)23/h2-3,5-6,9-10,12H,4,7-8,11H2,1H3,(H,22,23). The molecule has 0 fully saturated rings. The first kappa shape index (κ1) is 16.6. The summed E-state index contributed by atoms with van der Waals surface area (Å²) in [5.41, 5.74) is 2.06. The van der Waals surface area contributed by atoms with Crippen LogP contribution in [-0.2, 0) is 17.6 Å². The normalized spacial score (nSPS) is 10.3. The van der Waals surface area contributed by atoms with Crippen molar-refractivity contribution in [3.8, 4) is 0 Å². The average molecular weight is 313 g/mol. The molecular formula is C17H19N3O3. The van der Waals surface area contributed by atoms with Gasteiger partial charge in [0.25, 0.3) is 0 Å². The van der Waals surface area contributed by atoms with Crippen LogP contribution in [0.3, 0.4) is 0 Å². The highest BCUT2D eigenvalue weighted by atomic mass is 16.4. The zero-order chi connectivity index (χ0) is 16.7. The fraction of sp³-hybridized carbons (Fsp3) is 0.294. The Labute approximate surface area is 134 Å². The summed E-state index contributed by atoms with van der Waals surface area (Å²) in [6.45, 7) is 0.593. The Hall–Kier alpha value is -2.76. The largest absolute Gasteiger partial charge is 0.478 e. The highest BCUT2D eigenvalue weighted by molar-refractivity contribution is 5.87. The number of carboxylic acid groups (broad SMARTS) is 1.